The van der Waals surface area contributed by atoms with Crippen LogP contribution in [0.25, 0.3) is 0 Å². The van der Waals surface area contributed by atoms with Gasteiger partial charge in [-0.1, -0.05) is 18.9 Å². The minimum Gasteiger partial charge on any atom is -0.478 e. The standard InChI is InChI=1S/C13H20N2O/c1-10(14-2)12-5-6-13(15-9-12)16-8-7-11-3-4-11/h5-6,9-11,14H,3-4,7-8H2,1-2H3. The van der Waals surface area contributed by atoms with Crippen LogP contribution in [0.15, 0.2) is 18.3 Å². The predicted molar refractivity (Wildman–Crippen MR) is 64.5 cm³/mol. The third-order valence-electron chi connectivity index (χ3n) is 3.17. The summed E-state index contributed by atoms with van der Waals surface area (Å²) in [5, 5.41) is 3.19. The van der Waals surface area contributed by atoms with Crippen molar-refractivity contribution < 1.29 is 4.74 Å². The largest absolute Gasteiger partial charge is 0.478 e. The van der Waals surface area contributed by atoms with Crippen LogP contribution in [-0.4, -0.2) is 18.6 Å². The zero-order valence-electron chi connectivity index (χ0n) is 10.1. The van der Waals surface area contributed by atoms with E-state index < -0.39 is 0 Å². The topological polar surface area (TPSA) is 34.1 Å². The maximum atomic E-state index is 5.59. The smallest absolute Gasteiger partial charge is 0.213 e. The Bertz CT molecular complexity index is 319. The van der Waals surface area contributed by atoms with Gasteiger partial charge in [0.05, 0.1) is 6.61 Å². The van der Waals surface area contributed by atoms with Gasteiger partial charge >= 0.3 is 0 Å². The van der Waals surface area contributed by atoms with Gasteiger partial charge in [-0.25, -0.2) is 4.98 Å². The lowest BCUT2D eigenvalue weighted by molar-refractivity contribution is 0.291. The second-order valence-corrected chi connectivity index (χ2v) is 4.52. The molecule has 1 N–H and O–H groups in total. The Hall–Kier alpha value is -1.09. The molecular weight excluding hydrogens is 200 g/mol. The molecule has 0 saturated heterocycles. The molecule has 1 aromatic heterocycles. The molecule has 3 nitrogen and oxygen atoms in total. The highest BCUT2D eigenvalue weighted by molar-refractivity contribution is 5.20. The number of aromatic nitrogens is 1. The van der Waals surface area contributed by atoms with E-state index in [2.05, 4.69) is 23.3 Å². The molecule has 88 valence electrons. The molecule has 3 heteroatoms. The van der Waals surface area contributed by atoms with Gasteiger partial charge in [0.15, 0.2) is 0 Å². The summed E-state index contributed by atoms with van der Waals surface area (Å²) < 4.78 is 5.59. The monoisotopic (exact) mass is 220 g/mol. The lowest BCUT2D eigenvalue weighted by Crippen LogP contribution is -2.12. The summed E-state index contributed by atoms with van der Waals surface area (Å²) in [5.74, 6) is 1.66. The zero-order chi connectivity index (χ0) is 11.4. The first kappa shape index (κ1) is 11.4. The molecule has 1 unspecified atom stereocenters. The Morgan fingerprint density at radius 3 is 2.88 bits per heavy atom. The number of hydrogen-bond donors (Lipinski definition) is 1. The van der Waals surface area contributed by atoms with Crippen molar-refractivity contribution in [2.75, 3.05) is 13.7 Å². The summed E-state index contributed by atoms with van der Waals surface area (Å²) in [5.41, 5.74) is 1.19. The Balaban J connectivity index is 1.80. The van der Waals surface area contributed by atoms with Crippen molar-refractivity contribution in [2.24, 2.45) is 5.92 Å². The second-order valence-electron chi connectivity index (χ2n) is 4.52. The molecular formula is C13H20N2O. The van der Waals surface area contributed by atoms with E-state index in [-0.39, 0.29) is 0 Å². The molecule has 1 saturated carbocycles. The van der Waals surface area contributed by atoms with Crippen molar-refractivity contribution >= 4 is 0 Å². The van der Waals surface area contributed by atoms with Gasteiger partial charge in [-0.3, -0.25) is 0 Å². The number of nitrogens with zero attached hydrogens (tertiary/aromatic N) is 1. The Kier molecular flexibility index (Phi) is 3.78. The third-order valence-corrected chi connectivity index (χ3v) is 3.17. The van der Waals surface area contributed by atoms with E-state index in [1.54, 1.807) is 0 Å². The maximum Gasteiger partial charge on any atom is 0.213 e. The normalized spacial score (nSPS) is 17.1. The van der Waals surface area contributed by atoms with Crippen LogP contribution in [0.2, 0.25) is 0 Å². The average molecular weight is 220 g/mol. The van der Waals surface area contributed by atoms with Crippen molar-refractivity contribution in [2.45, 2.75) is 32.2 Å². The first-order chi connectivity index (χ1) is 7.79. The lowest BCUT2D eigenvalue weighted by atomic mass is 10.1. The minimum atomic E-state index is 0.341. The zero-order valence-corrected chi connectivity index (χ0v) is 10.1. The highest BCUT2D eigenvalue weighted by atomic mass is 16.5. The van der Waals surface area contributed by atoms with Crippen LogP contribution >= 0.6 is 0 Å². The Morgan fingerprint density at radius 1 is 1.50 bits per heavy atom. The molecule has 1 heterocycles. The van der Waals surface area contributed by atoms with Crippen LogP contribution < -0.4 is 10.1 Å². The number of ether oxygens (including phenoxy) is 1. The molecule has 1 aromatic rings. The summed E-state index contributed by atoms with van der Waals surface area (Å²) in [6.45, 7) is 2.92. The van der Waals surface area contributed by atoms with Crippen molar-refractivity contribution in [1.29, 1.82) is 0 Å². The van der Waals surface area contributed by atoms with Crippen LogP contribution in [-0.2, 0) is 0 Å². The van der Waals surface area contributed by atoms with Gasteiger partial charge in [0.2, 0.25) is 5.88 Å². The van der Waals surface area contributed by atoms with Crippen LogP contribution in [0.3, 0.4) is 0 Å². The number of hydrogen-bond acceptors (Lipinski definition) is 3. The lowest BCUT2D eigenvalue weighted by Gasteiger charge is -2.10. The number of nitrogens with one attached hydrogen (secondary N) is 1. The molecule has 2 rings (SSSR count). The minimum absolute atomic E-state index is 0.341. The van der Waals surface area contributed by atoms with Crippen LogP contribution in [0.1, 0.15) is 37.8 Å². The average Bonchev–Trinajstić information content (AvgIpc) is 3.13. The predicted octanol–water partition coefficient (Wildman–Crippen LogP) is 2.54. The quantitative estimate of drug-likeness (QED) is 0.800. The number of pyridine rings is 1. The fraction of sp³-hybridized carbons (Fsp3) is 0.615. The highest BCUT2D eigenvalue weighted by Gasteiger charge is 2.20. The van der Waals surface area contributed by atoms with Gasteiger partial charge in [0.25, 0.3) is 0 Å². The van der Waals surface area contributed by atoms with Gasteiger partial charge in [0.1, 0.15) is 0 Å². The van der Waals surface area contributed by atoms with E-state index in [1.165, 1.54) is 24.8 Å². The van der Waals surface area contributed by atoms with E-state index in [0.29, 0.717) is 6.04 Å². The van der Waals surface area contributed by atoms with E-state index in [9.17, 15) is 0 Å². The molecule has 1 atom stereocenters. The molecule has 0 spiro atoms. The van der Waals surface area contributed by atoms with E-state index in [0.717, 1.165) is 18.4 Å². The Morgan fingerprint density at radius 2 is 2.31 bits per heavy atom. The fourth-order valence-electron chi connectivity index (χ4n) is 1.64. The van der Waals surface area contributed by atoms with E-state index >= 15 is 0 Å². The van der Waals surface area contributed by atoms with Crippen LogP contribution in [0.5, 0.6) is 5.88 Å². The molecule has 1 fully saturated rings. The third kappa shape index (κ3) is 3.20. The van der Waals surface area contributed by atoms with Crippen molar-refractivity contribution in [3.05, 3.63) is 23.9 Å². The van der Waals surface area contributed by atoms with E-state index in [1.807, 2.05) is 19.3 Å². The highest BCUT2D eigenvalue weighted by Crippen LogP contribution is 2.32. The fourth-order valence-corrected chi connectivity index (χ4v) is 1.64. The molecule has 1 aliphatic carbocycles. The van der Waals surface area contributed by atoms with Gasteiger partial charge in [-0.05, 0) is 31.9 Å². The molecule has 0 radical (unpaired) electrons. The van der Waals surface area contributed by atoms with Gasteiger partial charge in [-0.2, -0.15) is 0 Å². The van der Waals surface area contributed by atoms with E-state index in [4.69, 9.17) is 4.74 Å². The molecule has 1 aliphatic rings. The van der Waals surface area contributed by atoms with Gasteiger partial charge < -0.3 is 10.1 Å². The summed E-state index contributed by atoms with van der Waals surface area (Å²) in [6, 6.07) is 4.37. The summed E-state index contributed by atoms with van der Waals surface area (Å²) in [4.78, 5) is 4.30. The summed E-state index contributed by atoms with van der Waals surface area (Å²) >= 11 is 0. The van der Waals surface area contributed by atoms with Gasteiger partial charge in [-0.15, -0.1) is 0 Å². The van der Waals surface area contributed by atoms with Crippen molar-refractivity contribution in [1.82, 2.24) is 10.3 Å². The van der Waals surface area contributed by atoms with Crippen LogP contribution in [0.4, 0.5) is 0 Å². The molecule has 0 aliphatic heterocycles. The van der Waals surface area contributed by atoms with Crippen LogP contribution in [0, 0.1) is 5.92 Å². The Labute approximate surface area is 97.2 Å². The maximum absolute atomic E-state index is 5.59. The molecule has 16 heavy (non-hydrogen) atoms. The van der Waals surface area contributed by atoms with Crippen molar-refractivity contribution in [3.63, 3.8) is 0 Å². The summed E-state index contributed by atoms with van der Waals surface area (Å²) in [7, 11) is 1.95. The van der Waals surface area contributed by atoms with Crippen molar-refractivity contribution in [3.8, 4) is 5.88 Å². The molecule has 0 bridgehead atoms. The summed E-state index contributed by atoms with van der Waals surface area (Å²) in [6.07, 6.45) is 5.83. The first-order valence-electron chi connectivity index (χ1n) is 6.05. The SMILES string of the molecule is CNC(C)c1ccc(OCCC2CC2)nc1. The number of rotatable bonds is 6. The first-order valence-corrected chi connectivity index (χ1v) is 6.05. The molecule has 0 amide bonds. The second kappa shape index (κ2) is 5.30. The van der Waals surface area contributed by atoms with Gasteiger partial charge in [0, 0.05) is 18.3 Å². The molecule has 0 aromatic carbocycles.